The molecule has 3 heterocycles. The summed E-state index contributed by atoms with van der Waals surface area (Å²) in [4.78, 5) is 12.0. The number of rotatable bonds is 8. The Morgan fingerprint density at radius 2 is 2.06 bits per heavy atom. The van der Waals surface area contributed by atoms with Crippen LogP contribution in [0, 0.1) is 0 Å². The lowest BCUT2D eigenvalue weighted by Crippen LogP contribution is -2.42. The summed E-state index contributed by atoms with van der Waals surface area (Å²) >= 11 is 0. The molecular weight excluding hydrogens is 405 g/mol. The van der Waals surface area contributed by atoms with Crippen LogP contribution in [0.5, 0.6) is 0 Å². The monoisotopic (exact) mass is 432 g/mol. The molecule has 3 rings (SSSR count). The Bertz CT molecular complexity index is 929. The summed E-state index contributed by atoms with van der Waals surface area (Å²) < 4.78 is 38.5. The fourth-order valence-corrected chi connectivity index (χ4v) is 3.68. The first kappa shape index (κ1) is 22.6. The third-order valence-electron chi connectivity index (χ3n) is 5.20. The molecule has 0 saturated carbocycles. The van der Waals surface area contributed by atoms with Crippen LogP contribution < -0.4 is 16.0 Å². The Balaban J connectivity index is 1.92. The standard InChI is InChI=1S/C22H27F3N6/c1-15(30(3)14-22(23,24)25)19-10-8-17-7-9-18(11-12-26)31(21(17)29-19)16(2)28-20-6-4-5-13-27-20/h4-6,8,10,13,18H,1-2,7,9,11-12,14,26H2,3H3,(H,27,28)/t18-/m1/s1. The van der Waals surface area contributed by atoms with Gasteiger partial charge < -0.3 is 20.9 Å². The first-order valence-electron chi connectivity index (χ1n) is 10.0. The van der Waals surface area contributed by atoms with E-state index in [1.807, 2.05) is 29.2 Å². The molecule has 0 amide bonds. The summed E-state index contributed by atoms with van der Waals surface area (Å²) in [5, 5.41) is 3.20. The molecule has 1 aliphatic heterocycles. The zero-order valence-corrected chi connectivity index (χ0v) is 17.5. The van der Waals surface area contributed by atoms with Gasteiger partial charge in [-0.15, -0.1) is 0 Å². The number of hydrogen-bond donors (Lipinski definition) is 2. The lowest BCUT2D eigenvalue weighted by atomic mass is 9.96. The smallest absolute Gasteiger partial charge is 0.364 e. The zero-order chi connectivity index (χ0) is 22.6. The summed E-state index contributed by atoms with van der Waals surface area (Å²) in [7, 11) is 1.35. The molecule has 0 radical (unpaired) electrons. The van der Waals surface area contributed by atoms with Crippen molar-refractivity contribution in [3.05, 3.63) is 66.8 Å². The number of alkyl halides is 3. The highest BCUT2D eigenvalue weighted by atomic mass is 19.4. The maximum Gasteiger partial charge on any atom is 0.405 e. The number of aromatic nitrogens is 2. The zero-order valence-electron chi connectivity index (χ0n) is 17.5. The number of aryl methyl sites for hydroxylation is 1. The molecular formula is C22H27F3N6. The maximum absolute atomic E-state index is 12.8. The number of pyridine rings is 2. The summed E-state index contributed by atoms with van der Waals surface area (Å²) in [6, 6.07) is 9.17. The quantitative estimate of drug-likeness (QED) is 0.657. The molecule has 0 aliphatic carbocycles. The summed E-state index contributed by atoms with van der Waals surface area (Å²) in [6.45, 7) is 7.40. The summed E-state index contributed by atoms with van der Waals surface area (Å²) in [5.41, 5.74) is 7.41. The largest absolute Gasteiger partial charge is 0.405 e. The Kier molecular flexibility index (Phi) is 6.84. The van der Waals surface area contributed by atoms with Gasteiger partial charge in [-0.05, 0) is 49.6 Å². The molecule has 0 aromatic carbocycles. The molecule has 1 aliphatic rings. The van der Waals surface area contributed by atoms with Crippen LogP contribution in [0.2, 0.25) is 0 Å². The number of nitrogens with one attached hydrogen (secondary N) is 1. The van der Waals surface area contributed by atoms with E-state index >= 15 is 0 Å². The number of anilines is 2. The average Bonchev–Trinajstić information content (AvgIpc) is 2.72. The first-order chi connectivity index (χ1) is 14.7. The van der Waals surface area contributed by atoms with Crippen molar-refractivity contribution in [2.45, 2.75) is 31.5 Å². The highest BCUT2D eigenvalue weighted by Gasteiger charge is 2.32. The van der Waals surface area contributed by atoms with Gasteiger partial charge in [0, 0.05) is 19.3 Å². The molecule has 0 unspecified atom stereocenters. The molecule has 3 N–H and O–H groups in total. The van der Waals surface area contributed by atoms with Crippen molar-refractivity contribution in [3.8, 4) is 0 Å². The lowest BCUT2D eigenvalue weighted by Gasteiger charge is -2.39. The van der Waals surface area contributed by atoms with E-state index in [9.17, 15) is 13.2 Å². The number of nitrogens with zero attached hydrogens (tertiary/aromatic N) is 4. The van der Waals surface area contributed by atoms with Crippen LogP contribution in [0.3, 0.4) is 0 Å². The van der Waals surface area contributed by atoms with Crippen molar-refractivity contribution in [1.29, 1.82) is 0 Å². The van der Waals surface area contributed by atoms with Crippen LogP contribution in [-0.2, 0) is 6.42 Å². The minimum absolute atomic E-state index is 0.0603. The van der Waals surface area contributed by atoms with Gasteiger partial charge in [-0.3, -0.25) is 0 Å². The normalized spacial score (nSPS) is 15.9. The van der Waals surface area contributed by atoms with Gasteiger partial charge in [-0.1, -0.05) is 25.3 Å². The van der Waals surface area contributed by atoms with Gasteiger partial charge in [0.25, 0.3) is 0 Å². The average molecular weight is 432 g/mol. The molecule has 2 aromatic heterocycles. The Morgan fingerprint density at radius 1 is 1.29 bits per heavy atom. The Labute approximate surface area is 180 Å². The van der Waals surface area contributed by atoms with Gasteiger partial charge in [0.2, 0.25) is 0 Å². The number of nitrogens with two attached hydrogens (primary N) is 1. The van der Waals surface area contributed by atoms with E-state index in [1.54, 1.807) is 12.3 Å². The van der Waals surface area contributed by atoms with Crippen molar-refractivity contribution in [2.75, 3.05) is 30.4 Å². The van der Waals surface area contributed by atoms with Gasteiger partial charge in [0.05, 0.1) is 11.4 Å². The number of hydrogen-bond acceptors (Lipinski definition) is 6. The molecule has 2 aromatic rings. The lowest BCUT2D eigenvalue weighted by molar-refractivity contribution is -0.136. The molecule has 31 heavy (non-hydrogen) atoms. The first-order valence-corrected chi connectivity index (χ1v) is 10.0. The second kappa shape index (κ2) is 9.38. The van der Waals surface area contributed by atoms with Gasteiger partial charge >= 0.3 is 6.18 Å². The fourth-order valence-electron chi connectivity index (χ4n) is 3.68. The Morgan fingerprint density at radius 3 is 2.71 bits per heavy atom. The van der Waals surface area contributed by atoms with Crippen LogP contribution >= 0.6 is 0 Å². The summed E-state index contributed by atoms with van der Waals surface area (Å²) in [6.07, 6.45) is -0.267. The van der Waals surface area contributed by atoms with Crippen molar-refractivity contribution in [3.63, 3.8) is 0 Å². The van der Waals surface area contributed by atoms with Crippen LogP contribution in [0.1, 0.15) is 24.1 Å². The predicted octanol–water partition coefficient (Wildman–Crippen LogP) is 3.99. The van der Waals surface area contributed by atoms with Crippen LogP contribution in [0.25, 0.3) is 5.70 Å². The molecule has 166 valence electrons. The van der Waals surface area contributed by atoms with E-state index in [1.165, 1.54) is 7.05 Å². The minimum Gasteiger partial charge on any atom is -0.364 e. The van der Waals surface area contributed by atoms with Gasteiger partial charge in [0.1, 0.15) is 24.0 Å². The van der Waals surface area contributed by atoms with Gasteiger partial charge in [-0.2, -0.15) is 13.2 Å². The highest BCUT2D eigenvalue weighted by Crippen LogP contribution is 2.34. The molecule has 0 saturated heterocycles. The van der Waals surface area contributed by atoms with E-state index < -0.39 is 12.7 Å². The summed E-state index contributed by atoms with van der Waals surface area (Å²) in [5.74, 6) is 1.87. The number of fused-ring (bicyclic) bond motifs is 1. The predicted molar refractivity (Wildman–Crippen MR) is 117 cm³/mol. The highest BCUT2D eigenvalue weighted by molar-refractivity contribution is 5.65. The van der Waals surface area contributed by atoms with Crippen LogP contribution in [-0.4, -0.2) is 47.2 Å². The van der Waals surface area contributed by atoms with E-state index in [4.69, 9.17) is 10.7 Å². The van der Waals surface area contributed by atoms with E-state index in [0.717, 1.165) is 29.7 Å². The maximum atomic E-state index is 12.8. The van der Waals surface area contributed by atoms with Crippen LogP contribution in [0.4, 0.5) is 24.8 Å². The molecule has 9 heteroatoms. The SMILES string of the molecule is C=C(c1ccc2c(n1)N(C(=C)Nc1ccccn1)[C@@H](CCN)CC2)N(C)CC(F)(F)F. The second-order valence-electron chi connectivity index (χ2n) is 7.52. The minimum atomic E-state index is -4.33. The Hall–Kier alpha value is -3.07. The van der Waals surface area contributed by atoms with E-state index in [-0.39, 0.29) is 11.7 Å². The molecule has 1 atom stereocenters. The third kappa shape index (κ3) is 5.55. The van der Waals surface area contributed by atoms with Crippen molar-refractivity contribution < 1.29 is 13.2 Å². The molecule has 0 bridgehead atoms. The topological polar surface area (TPSA) is 70.3 Å². The van der Waals surface area contributed by atoms with E-state index in [0.29, 0.717) is 29.7 Å². The molecule has 0 spiro atoms. The fraction of sp³-hybridized carbons (Fsp3) is 0.364. The molecule has 0 fully saturated rings. The van der Waals surface area contributed by atoms with Gasteiger partial charge in [-0.25, -0.2) is 9.97 Å². The number of halogens is 3. The van der Waals surface area contributed by atoms with Crippen LogP contribution in [0.15, 0.2) is 55.5 Å². The van der Waals surface area contributed by atoms with Crippen molar-refractivity contribution in [1.82, 2.24) is 14.9 Å². The van der Waals surface area contributed by atoms with Crippen molar-refractivity contribution in [2.24, 2.45) is 5.73 Å². The molecule has 6 nitrogen and oxygen atoms in total. The van der Waals surface area contributed by atoms with Crippen molar-refractivity contribution >= 4 is 17.3 Å². The van der Waals surface area contributed by atoms with Gasteiger partial charge in [0.15, 0.2) is 0 Å². The second-order valence-corrected chi connectivity index (χ2v) is 7.52. The van der Waals surface area contributed by atoms with E-state index in [2.05, 4.69) is 23.5 Å². The third-order valence-corrected chi connectivity index (χ3v) is 5.20.